The number of rotatable bonds is 2. The summed E-state index contributed by atoms with van der Waals surface area (Å²) in [5.41, 5.74) is 0. The van der Waals surface area contributed by atoms with Crippen molar-refractivity contribution in [2.24, 2.45) is 0 Å². The third-order valence-corrected chi connectivity index (χ3v) is 2.51. The van der Waals surface area contributed by atoms with E-state index >= 15 is 0 Å². The minimum Gasteiger partial charge on any atom is -0.306 e. The van der Waals surface area contributed by atoms with Crippen LogP contribution < -0.4 is 10.0 Å². The van der Waals surface area contributed by atoms with Crippen LogP contribution in [0.15, 0.2) is 0 Å². The lowest BCUT2D eigenvalue weighted by atomic mass is 10.1. The van der Waals surface area contributed by atoms with Crippen molar-refractivity contribution in [3.05, 3.63) is 0 Å². The molecule has 6 heteroatoms. The molecule has 0 bridgehead atoms. The Balaban J connectivity index is 0. The van der Waals surface area contributed by atoms with Crippen LogP contribution >= 0.6 is 10.8 Å². The van der Waals surface area contributed by atoms with Crippen LogP contribution in [-0.4, -0.2) is 33.9 Å². The summed E-state index contributed by atoms with van der Waals surface area (Å²) in [4.78, 5) is 11.3. The topological polar surface area (TPSA) is 81.6 Å². The normalized spacial score (nSPS) is 22.3. The summed E-state index contributed by atoms with van der Waals surface area (Å²) >= 11 is 0. The summed E-state index contributed by atoms with van der Waals surface area (Å²) in [6, 6.07) is -0.264. The number of amides is 1. The molecule has 1 fully saturated rings. The monoisotopic (exact) mass is 240 g/mol. The second-order valence-electron chi connectivity index (χ2n) is 3.30. The van der Waals surface area contributed by atoms with Gasteiger partial charge in [-0.15, -0.1) is 10.8 Å². The first-order valence-corrected chi connectivity index (χ1v) is 7.23. The maximum atomic E-state index is 11.3. The van der Waals surface area contributed by atoms with Crippen molar-refractivity contribution < 1.29 is 15.3 Å². The molecule has 1 atom stereocenters. The molecule has 0 aromatic rings. The summed E-state index contributed by atoms with van der Waals surface area (Å²) in [6.45, 7) is 4.82. The molecular formula is C9H24N2O3S. The van der Waals surface area contributed by atoms with Gasteiger partial charge in [0.25, 0.3) is 5.91 Å². The third kappa shape index (κ3) is 6.72. The SMILES string of the molecule is CC.CS(O)(O)NC(=O)C1CCCCN1.[HH]. The quantitative estimate of drug-likeness (QED) is 0.593. The first-order chi connectivity index (χ1) is 6.99. The molecule has 15 heavy (non-hydrogen) atoms. The Kier molecular flexibility index (Phi) is 6.91. The largest absolute Gasteiger partial charge is 0.306 e. The number of carbonyl (C=O) groups is 1. The summed E-state index contributed by atoms with van der Waals surface area (Å²) in [6.07, 6.45) is 4.05. The fraction of sp³-hybridized carbons (Fsp3) is 0.889. The second-order valence-corrected chi connectivity index (χ2v) is 5.17. The number of piperidine rings is 1. The van der Waals surface area contributed by atoms with E-state index < -0.39 is 10.8 Å². The van der Waals surface area contributed by atoms with Crippen LogP contribution in [0.3, 0.4) is 0 Å². The van der Waals surface area contributed by atoms with Crippen molar-refractivity contribution in [2.75, 3.05) is 12.8 Å². The molecule has 0 spiro atoms. The average Bonchev–Trinajstić information content (AvgIpc) is 2.20. The van der Waals surface area contributed by atoms with Crippen molar-refractivity contribution in [1.29, 1.82) is 0 Å². The maximum absolute atomic E-state index is 11.3. The fourth-order valence-corrected chi connectivity index (χ4v) is 1.86. The number of hydrogen-bond acceptors (Lipinski definition) is 4. The number of hydrogen-bond donors (Lipinski definition) is 4. The van der Waals surface area contributed by atoms with E-state index in [4.69, 9.17) is 9.11 Å². The molecule has 0 radical (unpaired) electrons. The van der Waals surface area contributed by atoms with E-state index in [1.807, 2.05) is 13.8 Å². The molecule has 1 saturated heterocycles. The Morgan fingerprint density at radius 2 is 2.07 bits per heavy atom. The number of carbonyl (C=O) groups excluding carboxylic acids is 1. The fourth-order valence-electron chi connectivity index (χ4n) is 1.34. The van der Waals surface area contributed by atoms with E-state index in [1.54, 1.807) is 0 Å². The van der Waals surface area contributed by atoms with E-state index in [-0.39, 0.29) is 13.4 Å². The van der Waals surface area contributed by atoms with Crippen molar-refractivity contribution in [3.8, 4) is 0 Å². The minimum absolute atomic E-state index is 0. The van der Waals surface area contributed by atoms with E-state index in [0.29, 0.717) is 0 Å². The predicted octanol–water partition coefficient (Wildman–Crippen LogP) is 1.81. The van der Waals surface area contributed by atoms with E-state index in [2.05, 4.69) is 10.0 Å². The summed E-state index contributed by atoms with van der Waals surface area (Å²) < 4.78 is 20.2. The van der Waals surface area contributed by atoms with Crippen molar-refractivity contribution in [3.63, 3.8) is 0 Å². The zero-order valence-electron chi connectivity index (χ0n) is 9.62. The second kappa shape index (κ2) is 7.05. The zero-order valence-corrected chi connectivity index (χ0v) is 10.4. The summed E-state index contributed by atoms with van der Waals surface area (Å²) in [5.74, 6) is -0.317. The van der Waals surface area contributed by atoms with Gasteiger partial charge in [0, 0.05) is 7.68 Å². The van der Waals surface area contributed by atoms with Gasteiger partial charge in [-0.05, 0) is 19.4 Å². The Hall–Kier alpha value is -0.300. The molecule has 4 N–H and O–H groups in total. The molecular weight excluding hydrogens is 216 g/mol. The molecule has 0 saturated carbocycles. The van der Waals surface area contributed by atoms with Crippen LogP contribution in [0.1, 0.15) is 34.5 Å². The Bertz CT molecular complexity index is 194. The maximum Gasteiger partial charge on any atom is 0.255 e. The van der Waals surface area contributed by atoms with Gasteiger partial charge in [0.1, 0.15) is 0 Å². The van der Waals surface area contributed by atoms with Gasteiger partial charge >= 0.3 is 0 Å². The van der Waals surface area contributed by atoms with Crippen LogP contribution in [0.4, 0.5) is 0 Å². The first-order valence-electron chi connectivity index (χ1n) is 5.27. The van der Waals surface area contributed by atoms with Crippen LogP contribution in [0.5, 0.6) is 0 Å². The molecule has 1 aliphatic rings. The van der Waals surface area contributed by atoms with Gasteiger partial charge in [-0.1, -0.05) is 20.3 Å². The summed E-state index contributed by atoms with van der Waals surface area (Å²) in [7, 11) is -2.91. The smallest absolute Gasteiger partial charge is 0.255 e. The highest BCUT2D eigenvalue weighted by atomic mass is 32.3. The molecule has 1 heterocycles. The van der Waals surface area contributed by atoms with Gasteiger partial charge in [-0.25, -0.2) is 0 Å². The van der Waals surface area contributed by atoms with Crippen LogP contribution in [0.2, 0.25) is 0 Å². The van der Waals surface area contributed by atoms with Gasteiger partial charge in [0.2, 0.25) is 0 Å². The zero-order chi connectivity index (χ0) is 11.9. The Morgan fingerprint density at radius 3 is 2.47 bits per heavy atom. The van der Waals surface area contributed by atoms with Crippen molar-refractivity contribution >= 4 is 16.7 Å². The van der Waals surface area contributed by atoms with E-state index in [0.717, 1.165) is 25.8 Å². The molecule has 0 aliphatic carbocycles. The van der Waals surface area contributed by atoms with Crippen molar-refractivity contribution in [1.82, 2.24) is 10.0 Å². The molecule has 5 nitrogen and oxygen atoms in total. The van der Waals surface area contributed by atoms with Crippen molar-refractivity contribution in [2.45, 2.75) is 39.2 Å². The molecule has 94 valence electrons. The lowest BCUT2D eigenvalue weighted by Gasteiger charge is -2.31. The standard InChI is InChI=1S/C7H16N2O3S.C2H6.H2/c1-13(11,12)9-7(10)6-4-2-3-5-8-6;1-2;/h6,8,11-12H,2-5H2,1H3,(H,9,10);1-2H3;1H. The first kappa shape index (κ1) is 14.7. The third-order valence-electron chi connectivity index (χ3n) is 1.92. The summed E-state index contributed by atoms with van der Waals surface area (Å²) in [5, 5.41) is 3.02. The Labute approximate surface area is 94.6 Å². The average molecular weight is 240 g/mol. The lowest BCUT2D eigenvalue weighted by molar-refractivity contribution is -0.122. The highest BCUT2D eigenvalue weighted by Gasteiger charge is 2.22. The molecule has 0 aromatic heterocycles. The molecule has 1 aliphatic heterocycles. The van der Waals surface area contributed by atoms with Gasteiger partial charge < -0.3 is 5.32 Å². The van der Waals surface area contributed by atoms with Gasteiger partial charge in [0.05, 0.1) is 6.04 Å². The molecule has 0 aromatic carbocycles. The van der Waals surface area contributed by atoms with E-state index in [9.17, 15) is 4.79 Å². The highest BCUT2D eigenvalue weighted by molar-refractivity contribution is 8.22. The van der Waals surface area contributed by atoms with Crippen LogP contribution in [0, 0.1) is 0 Å². The molecule has 1 unspecified atom stereocenters. The van der Waals surface area contributed by atoms with Gasteiger partial charge in [-0.3, -0.25) is 18.6 Å². The Morgan fingerprint density at radius 1 is 1.47 bits per heavy atom. The molecule has 1 amide bonds. The van der Waals surface area contributed by atoms with Gasteiger partial charge in [-0.2, -0.15) is 0 Å². The minimum atomic E-state index is -2.91. The van der Waals surface area contributed by atoms with Crippen LogP contribution in [-0.2, 0) is 4.79 Å². The lowest BCUT2D eigenvalue weighted by Crippen LogP contribution is -2.46. The van der Waals surface area contributed by atoms with Gasteiger partial charge in [0.15, 0.2) is 0 Å². The van der Waals surface area contributed by atoms with Crippen LogP contribution in [0.25, 0.3) is 0 Å². The van der Waals surface area contributed by atoms with E-state index in [1.165, 1.54) is 6.26 Å². The highest BCUT2D eigenvalue weighted by Crippen LogP contribution is 2.27. The predicted molar refractivity (Wildman–Crippen MR) is 66.0 cm³/mol. The number of nitrogens with one attached hydrogen (secondary N) is 2. The molecule has 1 rings (SSSR count).